The molecule has 0 saturated carbocycles. The molecule has 2 aliphatic rings. The van der Waals surface area contributed by atoms with Gasteiger partial charge in [-0.15, -0.1) is 0 Å². The number of nitrogens with two attached hydrogens (primary N) is 1. The monoisotopic (exact) mass is 1090 g/mol. The van der Waals surface area contributed by atoms with Crippen molar-refractivity contribution in [3.63, 3.8) is 0 Å². The van der Waals surface area contributed by atoms with E-state index in [1.165, 1.54) is 12.1 Å². The lowest BCUT2D eigenvalue weighted by atomic mass is 9.87. The van der Waals surface area contributed by atoms with Crippen molar-refractivity contribution in [2.45, 2.75) is 87.5 Å². The van der Waals surface area contributed by atoms with Crippen LogP contribution < -0.4 is 36.5 Å². The van der Waals surface area contributed by atoms with Crippen LogP contribution in [0.25, 0.3) is 11.0 Å². The number of carbonyl (C=O) groups is 2. The minimum absolute atomic E-state index is 0. The number of ether oxygens (including phenoxy) is 2. The number of nitrogens with one attached hydrogen (secondary N) is 4. The zero-order valence-electron chi connectivity index (χ0n) is 43.6. The van der Waals surface area contributed by atoms with Crippen LogP contribution >= 0.6 is 12.2 Å². The average Bonchev–Trinajstić information content (AvgIpc) is 3.65. The largest absolute Gasteiger partial charge is 0.457 e. The summed E-state index contributed by atoms with van der Waals surface area (Å²) in [4.78, 5) is 45.0. The second-order valence-corrected chi connectivity index (χ2v) is 20.3. The Labute approximate surface area is 463 Å². The predicted molar refractivity (Wildman–Crippen MR) is 317 cm³/mol. The van der Waals surface area contributed by atoms with Gasteiger partial charge in [0.15, 0.2) is 0 Å². The molecule has 9 rings (SSSR count). The third kappa shape index (κ3) is 17.3. The Balaban J connectivity index is 0.000000275. The van der Waals surface area contributed by atoms with Gasteiger partial charge in [-0.1, -0.05) is 76.0 Å². The van der Waals surface area contributed by atoms with Gasteiger partial charge in [-0.3, -0.25) is 19.4 Å². The summed E-state index contributed by atoms with van der Waals surface area (Å²) in [5.74, 6) is 2.90. The Morgan fingerprint density at radius 2 is 1.18 bits per heavy atom. The predicted octanol–water partition coefficient (Wildman–Crippen LogP) is 13.5. The Bertz CT molecular complexity index is 3200. The number of pyridine rings is 2. The SMILES string of the molecule is C.C.C.CC(C)(C)c1ccc(F)c(N=C=S)c1.CNc1ccc(Oc2ccnc(NC(=O)CN3CCC3)c2)cc1N.Cn1c(Nc2cc(C(C)(C)C)ccc2F)nc2cc(Oc3ccnc(NC(=O)CN4CCC4)c3)ccc21. The topological polar surface area (TPSA) is 189 Å². The minimum atomic E-state index is -0.365. The van der Waals surface area contributed by atoms with Crippen molar-refractivity contribution in [3.8, 4) is 23.0 Å². The number of amides is 2. The number of rotatable bonds is 14. The van der Waals surface area contributed by atoms with Gasteiger partial charge in [0, 0.05) is 50.8 Å². The van der Waals surface area contributed by atoms with Crippen LogP contribution in [0.1, 0.15) is 87.8 Å². The maximum atomic E-state index is 14.6. The third-order valence-electron chi connectivity index (χ3n) is 12.3. The first-order valence-corrected chi connectivity index (χ1v) is 25.0. The van der Waals surface area contributed by atoms with Crippen molar-refractivity contribution in [2.24, 2.45) is 12.0 Å². The van der Waals surface area contributed by atoms with E-state index in [-0.39, 0.29) is 62.2 Å². The van der Waals surface area contributed by atoms with Crippen LogP contribution in [0.4, 0.5) is 49.1 Å². The summed E-state index contributed by atoms with van der Waals surface area (Å²) < 4.78 is 41.4. The summed E-state index contributed by atoms with van der Waals surface area (Å²) >= 11 is 4.45. The van der Waals surface area contributed by atoms with Crippen molar-refractivity contribution in [1.29, 1.82) is 0 Å². The van der Waals surface area contributed by atoms with E-state index in [1.54, 1.807) is 60.9 Å². The number of halogens is 2. The van der Waals surface area contributed by atoms with E-state index in [9.17, 15) is 18.4 Å². The quantitative estimate of drug-likeness (QED) is 0.0393. The molecule has 3 aromatic heterocycles. The maximum absolute atomic E-state index is 14.6. The van der Waals surface area contributed by atoms with Crippen LogP contribution in [0.2, 0.25) is 0 Å². The van der Waals surface area contributed by atoms with E-state index in [2.05, 4.69) is 110 Å². The number of nitrogens with zero attached hydrogens (tertiary/aromatic N) is 7. The van der Waals surface area contributed by atoms with Gasteiger partial charge in [0.05, 0.1) is 46.3 Å². The standard InChI is InChI=1S/C28H31FN6O2.C17H21N5O2.C11H12FNS.3CH4/c1-28(2,3)18-6-8-21(29)22(14-18)31-27-32-23-15-19(7-9-24(23)34(27)4)37-20-10-11-30-25(16-20)33-26(36)17-35-12-5-13-35;1-19-15-4-3-12(9-14(15)18)24-13-5-6-20-16(10-13)21-17(23)11-22-7-2-8-22;1-11(2,3)8-4-5-9(12)10(6-8)13-7-14;;;/h6-11,14-16H,5,12-13,17H2,1-4H3,(H,31,32)(H,30,33,36);3-6,9-10,19H,2,7-8,11,18H2,1H3,(H,20,21,23);4-6H,1-3H3;3*1H4. The lowest BCUT2D eigenvalue weighted by Gasteiger charge is -2.29. The number of benzene rings is 4. The molecule has 416 valence electrons. The fourth-order valence-electron chi connectivity index (χ4n) is 7.72. The van der Waals surface area contributed by atoms with Crippen molar-refractivity contribution in [3.05, 3.63) is 132 Å². The van der Waals surface area contributed by atoms with E-state index in [4.69, 9.17) is 15.2 Å². The van der Waals surface area contributed by atoms with Crippen LogP contribution in [-0.2, 0) is 27.5 Å². The van der Waals surface area contributed by atoms with Crippen molar-refractivity contribution >= 4 is 80.6 Å². The van der Waals surface area contributed by atoms with Gasteiger partial charge in [0.1, 0.15) is 52.0 Å². The molecule has 19 heteroatoms. The molecule has 0 bridgehead atoms. The Morgan fingerprint density at radius 1 is 0.679 bits per heavy atom. The molecule has 7 aromatic rings. The molecule has 0 aliphatic carbocycles. The third-order valence-corrected chi connectivity index (χ3v) is 12.4. The number of thiocarbonyl (C=S) groups is 1. The van der Waals surface area contributed by atoms with Crippen molar-refractivity contribution in [1.82, 2.24) is 29.3 Å². The number of nitrogen functional groups attached to an aromatic ring is 1. The highest BCUT2D eigenvalue weighted by molar-refractivity contribution is 7.78. The van der Waals surface area contributed by atoms with E-state index in [0.29, 0.717) is 70.6 Å². The molecule has 0 spiro atoms. The number of hydrogen-bond donors (Lipinski definition) is 5. The number of imidazole rings is 1. The van der Waals surface area contributed by atoms with E-state index < -0.39 is 0 Å². The summed E-state index contributed by atoms with van der Waals surface area (Å²) in [5, 5.41) is 13.9. The van der Waals surface area contributed by atoms with Crippen LogP contribution in [0, 0.1) is 11.6 Å². The molecule has 6 N–H and O–H groups in total. The number of isothiocyanates is 1. The first-order valence-electron chi connectivity index (χ1n) is 24.6. The van der Waals surface area contributed by atoms with Crippen molar-refractivity contribution < 1.29 is 27.8 Å². The maximum Gasteiger partial charge on any atom is 0.239 e. The van der Waals surface area contributed by atoms with Crippen LogP contribution in [-0.4, -0.2) is 92.6 Å². The van der Waals surface area contributed by atoms with Crippen LogP contribution in [0.3, 0.4) is 0 Å². The molecule has 5 heterocycles. The molecule has 2 aliphatic heterocycles. The number of hydrogen-bond acceptors (Lipinski definition) is 14. The summed E-state index contributed by atoms with van der Waals surface area (Å²) in [5.41, 5.74) is 11.5. The second-order valence-electron chi connectivity index (χ2n) is 20.1. The summed E-state index contributed by atoms with van der Waals surface area (Å²) in [6.45, 7) is 17.1. The molecule has 78 heavy (non-hydrogen) atoms. The molecule has 16 nitrogen and oxygen atoms in total. The fraction of sp³-hybridized carbons (Fsp3) is 0.356. The molecule has 4 aromatic carbocycles. The molecular formula is C59H76F2N12O4S. The van der Waals surface area contributed by atoms with E-state index in [1.807, 2.05) is 55.1 Å². The number of aromatic nitrogens is 4. The lowest BCUT2D eigenvalue weighted by Crippen LogP contribution is -2.42. The number of carbonyl (C=O) groups excluding carboxylic acids is 2. The Kier molecular flexibility index (Phi) is 22.5. The normalized spacial score (nSPS) is 12.8. The van der Waals surface area contributed by atoms with Crippen LogP contribution in [0.15, 0.2) is 114 Å². The van der Waals surface area contributed by atoms with Crippen LogP contribution in [0.5, 0.6) is 23.0 Å². The Morgan fingerprint density at radius 3 is 1.67 bits per heavy atom. The number of likely N-dealkylation sites (tertiary alicyclic amines) is 2. The number of anilines is 6. The van der Waals surface area contributed by atoms with Gasteiger partial charge < -0.3 is 41.0 Å². The zero-order chi connectivity index (χ0) is 53.9. The zero-order valence-corrected chi connectivity index (χ0v) is 44.4. The molecule has 0 atom stereocenters. The molecule has 0 unspecified atom stereocenters. The molecule has 2 amide bonds. The minimum Gasteiger partial charge on any atom is -0.457 e. The summed E-state index contributed by atoms with van der Waals surface area (Å²) in [6.07, 6.45) is 5.48. The first-order chi connectivity index (χ1) is 35.7. The molecule has 0 radical (unpaired) electrons. The number of fused-ring (bicyclic) bond motifs is 1. The lowest BCUT2D eigenvalue weighted by molar-refractivity contribution is -0.118. The number of aliphatic imine (C=N–C) groups is 1. The number of aryl methyl sites for hydroxylation is 1. The first kappa shape index (κ1) is 62.7. The van der Waals surface area contributed by atoms with Gasteiger partial charge >= 0.3 is 0 Å². The van der Waals surface area contributed by atoms with Gasteiger partial charge in [0.2, 0.25) is 17.8 Å². The van der Waals surface area contributed by atoms with E-state index in [0.717, 1.165) is 61.4 Å². The van der Waals surface area contributed by atoms with E-state index >= 15 is 0 Å². The summed E-state index contributed by atoms with van der Waals surface area (Å²) in [6, 6.07) is 27.8. The smallest absolute Gasteiger partial charge is 0.239 e. The average molecular weight is 1090 g/mol. The van der Waals surface area contributed by atoms with Gasteiger partial charge in [-0.2, -0.15) is 4.99 Å². The highest BCUT2D eigenvalue weighted by Crippen LogP contribution is 2.33. The highest BCUT2D eigenvalue weighted by Gasteiger charge is 2.21. The fourth-order valence-corrected chi connectivity index (χ4v) is 7.82. The van der Waals surface area contributed by atoms with Gasteiger partial charge in [-0.05, 0) is 134 Å². The van der Waals surface area contributed by atoms with Gasteiger partial charge in [0.25, 0.3) is 0 Å². The van der Waals surface area contributed by atoms with Crippen molar-refractivity contribution in [2.75, 3.05) is 73.3 Å². The highest BCUT2D eigenvalue weighted by atomic mass is 32.1. The Hall–Kier alpha value is -7.83. The van der Waals surface area contributed by atoms with Gasteiger partial charge in [-0.25, -0.2) is 23.7 Å². The molecule has 2 saturated heterocycles. The molecule has 2 fully saturated rings. The second kappa shape index (κ2) is 28.0. The summed E-state index contributed by atoms with van der Waals surface area (Å²) in [7, 11) is 3.69. The molecular weight excluding hydrogens is 1010 g/mol.